The summed E-state index contributed by atoms with van der Waals surface area (Å²) in [6, 6.07) is 0. The Balaban J connectivity index is -0.000000280. The van der Waals surface area contributed by atoms with Crippen LogP contribution in [-0.4, -0.2) is 20.5 Å². The largest absolute Gasteiger partial charge is 0.287 e. The Morgan fingerprint density at radius 3 is 0.479 bits per heavy atom. The Kier molecular flexibility index (Phi) is 76.5. The molecule has 0 fully saturated rings. The van der Waals surface area contributed by atoms with E-state index in [0.717, 1.165) is 25.7 Å². The van der Waals surface area contributed by atoms with Gasteiger partial charge < -0.3 is 0 Å². The van der Waals surface area contributed by atoms with Gasteiger partial charge in [-0.05, 0) is 77.0 Å². The van der Waals surface area contributed by atoms with Crippen molar-refractivity contribution in [3.63, 3.8) is 0 Å². The standard InChI is InChI=1S/4C16H30OS.CH4/c4*1-3-4-5-6-7-8-9-10-11-12-13-14-15(2)16(17)18;/h4*3,15H,1,4-14H2,2H3,(H,17,18);1H4. The average molecular weight is 1100 g/mol. The zero-order valence-corrected chi connectivity index (χ0v) is 51.6. The van der Waals surface area contributed by atoms with Gasteiger partial charge in [0.2, 0.25) is 0 Å². The summed E-state index contributed by atoms with van der Waals surface area (Å²) in [6.45, 7) is 22.8. The molecule has 4 unspecified atom stereocenters. The zero-order chi connectivity index (χ0) is 54.6. The Labute approximate surface area is 479 Å². The molecule has 0 saturated heterocycles. The maximum atomic E-state index is 10.9. The molecule has 8 heteroatoms. The maximum Gasteiger partial charge on any atom is 0.188 e. The third-order valence-corrected chi connectivity index (χ3v) is 15.6. The van der Waals surface area contributed by atoms with Crippen molar-refractivity contribution < 1.29 is 19.2 Å². The van der Waals surface area contributed by atoms with Crippen LogP contribution >= 0.6 is 50.5 Å². The average Bonchev–Trinajstić information content (AvgIpc) is 3.35. The molecule has 0 saturated carbocycles. The molecule has 0 N–H and O–H groups in total. The van der Waals surface area contributed by atoms with Crippen molar-refractivity contribution >= 4 is 71.0 Å². The molecule has 0 aliphatic rings. The Bertz CT molecular complexity index is 1040. The molecule has 432 valence electrons. The second-order valence-electron chi connectivity index (χ2n) is 21.1. The fourth-order valence-electron chi connectivity index (χ4n) is 8.40. The molecule has 0 aromatic heterocycles. The first-order chi connectivity index (χ1) is 34.7. The van der Waals surface area contributed by atoms with Crippen LogP contribution in [0.5, 0.6) is 0 Å². The summed E-state index contributed by atoms with van der Waals surface area (Å²) < 4.78 is 0. The van der Waals surface area contributed by atoms with Crippen molar-refractivity contribution in [2.24, 2.45) is 23.7 Å². The molecule has 0 aliphatic heterocycles. The quantitative estimate of drug-likeness (QED) is 0.0278. The van der Waals surface area contributed by atoms with Gasteiger partial charge in [0.15, 0.2) is 20.5 Å². The molecule has 4 nitrogen and oxygen atoms in total. The fraction of sp³-hybridized carbons (Fsp3) is 0.815. The van der Waals surface area contributed by atoms with Crippen molar-refractivity contribution in [3.05, 3.63) is 50.6 Å². The van der Waals surface area contributed by atoms with Crippen LogP contribution in [0.25, 0.3) is 0 Å². The van der Waals surface area contributed by atoms with Gasteiger partial charge >= 0.3 is 0 Å². The molecule has 73 heavy (non-hydrogen) atoms. The third kappa shape index (κ3) is 75.3. The molecule has 0 rings (SSSR count). The summed E-state index contributed by atoms with van der Waals surface area (Å²) in [5.74, 6) is 0.549. The monoisotopic (exact) mass is 1100 g/mol. The summed E-state index contributed by atoms with van der Waals surface area (Å²) in [5.41, 5.74) is 0. The van der Waals surface area contributed by atoms with E-state index in [4.69, 9.17) is 0 Å². The van der Waals surface area contributed by atoms with Crippen molar-refractivity contribution in [1.82, 2.24) is 0 Å². The van der Waals surface area contributed by atoms with E-state index in [0.29, 0.717) is 0 Å². The van der Waals surface area contributed by atoms with Crippen LogP contribution < -0.4 is 0 Å². The number of carbonyl (C=O) groups is 4. The minimum Gasteiger partial charge on any atom is -0.287 e. The van der Waals surface area contributed by atoms with E-state index < -0.39 is 0 Å². The molecule has 0 aliphatic carbocycles. The number of thiol groups is 4. The lowest BCUT2D eigenvalue weighted by atomic mass is 10.0. The van der Waals surface area contributed by atoms with E-state index in [1.165, 1.54) is 257 Å². The molecule has 0 aromatic rings. The zero-order valence-electron chi connectivity index (χ0n) is 48.0. The fourth-order valence-corrected chi connectivity index (χ4v) is 8.92. The SMILES string of the molecule is C.C=CCCCCCCCCCCCC(C)C(=O)S.C=CCCCCCCCCCCCC(C)C(=O)S.C=CCCCCCCCCCCCC(C)C(=O)S.C=CCCCCCCCCCCCC(C)C(=O)S. The van der Waals surface area contributed by atoms with E-state index in [-0.39, 0.29) is 51.6 Å². The molecule has 0 amide bonds. The third-order valence-electron chi connectivity index (χ3n) is 13.9. The normalized spacial score (nSPS) is 12.2. The van der Waals surface area contributed by atoms with Crippen LogP contribution in [0.15, 0.2) is 50.6 Å². The van der Waals surface area contributed by atoms with Crippen molar-refractivity contribution in [3.8, 4) is 0 Å². The van der Waals surface area contributed by atoms with E-state index >= 15 is 0 Å². The second-order valence-corrected chi connectivity index (χ2v) is 22.9. The first-order valence-electron chi connectivity index (χ1n) is 30.1. The van der Waals surface area contributed by atoms with Gasteiger partial charge in [-0.2, -0.15) is 0 Å². The summed E-state index contributed by atoms with van der Waals surface area (Å²) >= 11 is 15.4. The Hall–Kier alpha value is -0.960. The van der Waals surface area contributed by atoms with E-state index in [1.807, 2.05) is 52.0 Å². The highest BCUT2D eigenvalue weighted by Gasteiger charge is 2.10. The number of allylic oxidation sites excluding steroid dienone is 4. The number of rotatable bonds is 52. The van der Waals surface area contributed by atoms with E-state index in [9.17, 15) is 19.2 Å². The Morgan fingerprint density at radius 2 is 0.370 bits per heavy atom. The summed E-state index contributed by atoms with van der Waals surface area (Å²) in [5, 5.41) is 0.146. The number of hydrogen-bond donors (Lipinski definition) is 4. The van der Waals surface area contributed by atoms with Gasteiger partial charge in [-0.3, -0.25) is 19.2 Å². The van der Waals surface area contributed by atoms with Crippen LogP contribution in [0.2, 0.25) is 0 Å². The van der Waals surface area contributed by atoms with Crippen LogP contribution in [0, 0.1) is 23.7 Å². The lowest BCUT2D eigenvalue weighted by molar-refractivity contribution is -0.114. The van der Waals surface area contributed by atoms with Gasteiger partial charge in [0.1, 0.15) is 0 Å². The lowest BCUT2D eigenvalue weighted by Crippen LogP contribution is -2.03. The van der Waals surface area contributed by atoms with Gasteiger partial charge in [0.05, 0.1) is 0 Å². The van der Waals surface area contributed by atoms with Gasteiger partial charge in [0.25, 0.3) is 0 Å². The van der Waals surface area contributed by atoms with E-state index in [2.05, 4.69) is 76.8 Å². The first kappa shape index (κ1) is 80.9. The topological polar surface area (TPSA) is 68.3 Å². The van der Waals surface area contributed by atoms with Gasteiger partial charge in [-0.25, -0.2) is 0 Å². The molecule has 0 radical (unpaired) electrons. The Morgan fingerprint density at radius 1 is 0.260 bits per heavy atom. The minimum absolute atomic E-state index is 0. The molecule has 0 spiro atoms. The summed E-state index contributed by atoms with van der Waals surface area (Å²) in [4.78, 5) is 43.7. The van der Waals surface area contributed by atoms with Gasteiger partial charge in [-0.1, -0.05) is 265 Å². The van der Waals surface area contributed by atoms with Crippen molar-refractivity contribution in [2.45, 2.75) is 318 Å². The first-order valence-corrected chi connectivity index (χ1v) is 31.9. The number of hydrogen-bond acceptors (Lipinski definition) is 4. The molecular weight excluding hydrogens is 973 g/mol. The highest BCUT2D eigenvalue weighted by molar-refractivity contribution is 7.97. The summed E-state index contributed by atoms with van der Waals surface area (Å²) in [6.07, 6.45) is 64.3. The molecule has 0 heterocycles. The van der Waals surface area contributed by atoms with Crippen molar-refractivity contribution in [1.29, 1.82) is 0 Å². The van der Waals surface area contributed by atoms with Crippen LogP contribution in [-0.2, 0) is 19.2 Å². The molecule has 4 atom stereocenters. The maximum absolute atomic E-state index is 10.9. The summed E-state index contributed by atoms with van der Waals surface area (Å²) in [7, 11) is 0. The van der Waals surface area contributed by atoms with Crippen LogP contribution in [0.4, 0.5) is 0 Å². The molecule has 0 bridgehead atoms. The lowest BCUT2D eigenvalue weighted by Gasteiger charge is -2.06. The molecular formula is C65H124O4S4. The number of unbranched alkanes of at least 4 members (excludes halogenated alkanes) is 36. The smallest absolute Gasteiger partial charge is 0.188 e. The predicted octanol–water partition coefficient (Wildman–Crippen LogP) is 22.9. The second kappa shape index (κ2) is 69.1. The highest BCUT2D eigenvalue weighted by atomic mass is 32.1. The minimum atomic E-state index is 0. The van der Waals surface area contributed by atoms with Crippen LogP contribution in [0.3, 0.4) is 0 Å². The number of carbonyl (C=O) groups excluding carboxylic acids is 4. The van der Waals surface area contributed by atoms with Crippen LogP contribution in [0.1, 0.15) is 318 Å². The highest BCUT2D eigenvalue weighted by Crippen LogP contribution is 2.19. The molecule has 0 aromatic carbocycles. The van der Waals surface area contributed by atoms with Gasteiger partial charge in [0, 0.05) is 23.7 Å². The predicted molar refractivity (Wildman–Crippen MR) is 343 cm³/mol. The van der Waals surface area contributed by atoms with E-state index in [1.54, 1.807) is 0 Å². The van der Waals surface area contributed by atoms with Crippen molar-refractivity contribution in [2.75, 3.05) is 0 Å². The van der Waals surface area contributed by atoms with Gasteiger partial charge in [-0.15, -0.1) is 76.8 Å².